The van der Waals surface area contributed by atoms with Crippen molar-refractivity contribution >= 4 is 23.8 Å². The van der Waals surface area contributed by atoms with Crippen molar-refractivity contribution < 1.29 is 28.6 Å². The lowest BCUT2D eigenvalue weighted by Gasteiger charge is -2.68. The molecule has 0 spiro atoms. The maximum atomic E-state index is 14.2. The number of methoxy groups -OCH3 is 1. The molecule has 1 aliphatic heterocycles. The van der Waals surface area contributed by atoms with Crippen LogP contribution in [0.5, 0.6) is 0 Å². The number of Topliss-reactive ketones (excluding diaryl/α,β-unsaturated/α-hetero) is 1. The lowest BCUT2D eigenvalue weighted by Crippen LogP contribution is -2.64. The van der Waals surface area contributed by atoms with Crippen molar-refractivity contribution in [2.75, 3.05) is 13.7 Å². The summed E-state index contributed by atoms with van der Waals surface area (Å²) in [6.07, 6.45) is 10.4. The fourth-order valence-corrected chi connectivity index (χ4v) is 11.9. The molecule has 3 fully saturated rings. The van der Waals surface area contributed by atoms with E-state index >= 15 is 0 Å². The first-order valence-corrected chi connectivity index (χ1v) is 17.4. The average molecular weight is 627 g/mol. The summed E-state index contributed by atoms with van der Waals surface area (Å²) in [5.74, 6) is 1.70. The molecular weight excluding hydrogens is 576 g/mol. The molecule has 0 amide bonds. The number of hydrogen-bond acceptors (Lipinski definition) is 6. The van der Waals surface area contributed by atoms with Crippen molar-refractivity contribution in [2.45, 2.75) is 92.6 Å². The molecule has 0 radical (unpaired) electrons. The van der Waals surface area contributed by atoms with Crippen LogP contribution in [0.3, 0.4) is 0 Å². The zero-order valence-corrected chi connectivity index (χ0v) is 28.6. The summed E-state index contributed by atoms with van der Waals surface area (Å²) >= 11 is 0. The Hall–Kier alpha value is -3.15. The molecule has 6 heteroatoms. The molecule has 7 rings (SSSR count). The van der Waals surface area contributed by atoms with Crippen LogP contribution in [0.25, 0.3) is 6.08 Å². The number of esters is 2. The number of fused-ring (bicyclic) bond motifs is 6. The average Bonchev–Trinajstić information content (AvgIpc) is 3.38. The second-order valence-electron chi connectivity index (χ2n) is 16.5. The molecule has 0 aromatic heterocycles. The third-order valence-corrected chi connectivity index (χ3v) is 14.4. The van der Waals surface area contributed by atoms with Crippen molar-refractivity contribution in [1.82, 2.24) is 0 Å². The largest absolute Gasteiger partial charge is 0.497 e. The number of rotatable bonds is 4. The number of hydrogen-bond donors (Lipinski definition) is 0. The predicted octanol–water partition coefficient (Wildman–Crippen LogP) is 7.88. The standard InChI is InChI=1S/C40H50O6/c1-24-17-18-40(35(43)44-7)20-19-38(5)27(32(40)25(24)2)14-15-30-36(3)21-28(41)34(46-31(42)16-13-26-11-9-8-10-12-26)37(4)23-45-29(33(36)37)22-39(30,38)6/h8-14,16,24-25,30,32,34H,15,17-23H2,1-7H3/b16-13+/t24-,25+,30-,32+,34+,36-,37+,38-,39-,40+/m1/s1. The Balaban J connectivity index is 1.25. The highest BCUT2D eigenvalue weighted by Gasteiger charge is 2.72. The van der Waals surface area contributed by atoms with Gasteiger partial charge in [-0.2, -0.15) is 0 Å². The summed E-state index contributed by atoms with van der Waals surface area (Å²) in [4.78, 5) is 40.8. The van der Waals surface area contributed by atoms with Gasteiger partial charge in [0.05, 0.1) is 23.7 Å². The van der Waals surface area contributed by atoms with Gasteiger partial charge in [0.1, 0.15) is 6.61 Å². The van der Waals surface area contributed by atoms with E-state index in [4.69, 9.17) is 14.2 Å². The van der Waals surface area contributed by atoms with Gasteiger partial charge in [-0.05, 0) is 90.7 Å². The van der Waals surface area contributed by atoms with E-state index in [-0.39, 0.29) is 34.4 Å². The molecule has 0 N–H and O–H groups in total. The van der Waals surface area contributed by atoms with Gasteiger partial charge in [-0.25, -0.2) is 4.79 Å². The Morgan fingerprint density at radius 1 is 0.978 bits per heavy atom. The number of benzene rings is 1. The lowest BCUT2D eigenvalue weighted by atomic mass is 9.35. The molecule has 1 aromatic carbocycles. The number of ether oxygens (including phenoxy) is 3. The van der Waals surface area contributed by atoms with Gasteiger partial charge in [0.2, 0.25) is 0 Å². The third-order valence-electron chi connectivity index (χ3n) is 14.4. The second-order valence-corrected chi connectivity index (χ2v) is 16.5. The van der Waals surface area contributed by atoms with Gasteiger partial charge in [-0.3, -0.25) is 9.59 Å². The molecule has 46 heavy (non-hydrogen) atoms. The fraction of sp³-hybridized carbons (Fsp3) is 0.625. The summed E-state index contributed by atoms with van der Waals surface area (Å²) in [7, 11) is 1.55. The molecule has 10 atom stereocenters. The van der Waals surface area contributed by atoms with Crippen molar-refractivity contribution in [2.24, 2.45) is 50.7 Å². The van der Waals surface area contributed by atoms with Crippen LogP contribution in [0, 0.1) is 50.7 Å². The zero-order valence-electron chi connectivity index (χ0n) is 28.6. The first-order valence-electron chi connectivity index (χ1n) is 17.4. The fourth-order valence-electron chi connectivity index (χ4n) is 11.9. The normalized spacial score (nSPS) is 44.3. The molecule has 246 valence electrons. The van der Waals surface area contributed by atoms with Crippen LogP contribution < -0.4 is 0 Å². The molecule has 0 bridgehead atoms. The molecule has 0 unspecified atom stereocenters. The van der Waals surface area contributed by atoms with Crippen LogP contribution in [-0.2, 0) is 28.6 Å². The molecule has 1 heterocycles. The van der Waals surface area contributed by atoms with Crippen LogP contribution in [0.2, 0.25) is 0 Å². The first kappa shape index (κ1) is 31.4. The van der Waals surface area contributed by atoms with Crippen LogP contribution in [0.1, 0.15) is 92.1 Å². The van der Waals surface area contributed by atoms with Crippen molar-refractivity contribution in [1.29, 1.82) is 0 Å². The van der Waals surface area contributed by atoms with Crippen molar-refractivity contribution in [3.63, 3.8) is 0 Å². The lowest BCUT2D eigenvalue weighted by molar-refractivity contribution is -0.174. The molecule has 5 aliphatic carbocycles. The minimum Gasteiger partial charge on any atom is -0.497 e. The predicted molar refractivity (Wildman–Crippen MR) is 176 cm³/mol. The SMILES string of the molecule is COC(=O)[C@]12CC[C@@H](C)[C@H](C)[C@H]1C1=CC[C@@H]3[C@@]4(C)CC(=O)[C@H](OC(=O)/C=C/c5ccccc5)[C@@]5(C)COC(=C45)C[C@@]3(C)[C@]1(C)CC2. The van der Waals surface area contributed by atoms with Gasteiger partial charge in [0.25, 0.3) is 0 Å². The van der Waals surface area contributed by atoms with Gasteiger partial charge >= 0.3 is 11.9 Å². The van der Waals surface area contributed by atoms with E-state index < -0.39 is 28.3 Å². The number of ketones is 1. The highest BCUT2D eigenvalue weighted by atomic mass is 16.6. The van der Waals surface area contributed by atoms with Crippen molar-refractivity contribution in [3.05, 3.63) is 65.0 Å². The van der Waals surface area contributed by atoms with E-state index in [9.17, 15) is 14.4 Å². The van der Waals surface area contributed by atoms with E-state index in [1.165, 1.54) is 17.2 Å². The Morgan fingerprint density at radius 2 is 1.72 bits per heavy atom. The van der Waals surface area contributed by atoms with E-state index in [0.29, 0.717) is 24.9 Å². The monoisotopic (exact) mass is 626 g/mol. The minimum absolute atomic E-state index is 0.0210. The summed E-state index contributed by atoms with van der Waals surface area (Å²) < 4.78 is 18.1. The Kier molecular flexibility index (Phi) is 7.13. The molecule has 3 saturated carbocycles. The smallest absolute Gasteiger partial charge is 0.331 e. The van der Waals surface area contributed by atoms with Gasteiger partial charge in [0.15, 0.2) is 11.9 Å². The quantitative estimate of drug-likeness (QED) is 0.192. The van der Waals surface area contributed by atoms with Crippen LogP contribution in [0.15, 0.2) is 59.4 Å². The summed E-state index contributed by atoms with van der Waals surface area (Å²) in [5.41, 5.74) is 1.62. The van der Waals surface area contributed by atoms with Gasteiger partial charge in [-0.15, -0.1) is 0 Å². The van der Waals surface area contributed by atoms with Crippen LogP contribution in [-0.4, -0.2) is 37.5 Å². The van der Waals surface area contributed by atoms with E-state index in [2.05, 4.69) is 47.6 Å². The van der Waals surface area contributed by atoms with E-state index in [0.717, 1.165) is 49.8 Å². The molecule has 0 saturated heterocycles. The number of carbonyl (C=O) groups excluding carboxylic acids is 3. The van der Waals surface area contributed by atoms with E-state index in [1.54, 1.807) is 13.2 Å². The highest BCUT2D eigenvalue weighted by Crippen LogP contribution is 2.76. The molecule has 6 nitrogen and oxygen atoms in total. The molecular formula is C40H50O6. The third kappa shape index (κ3) is 4.03. The van der Waals surface area contributed by atoms with Crippen LogP contribution in [0.4, 0.5) is 0 Å². The highest BCUT2D eigenvalue weighted by molar-refractivity contribution is 5.93. The van der Waals surface area contributed by atoms with E-state index in [1.807, 2.05) is 30.3 Å². The number of carbonyl (C=O) groups is 3. The summed E-state index contributed by atoms with van der Waals surface area (Å²) in [6.45, 7) is 14.2. The maximum absolute atomic E-state index is 14.2. The first-order chi connectivity index (χ1) is 21.7. The Labute approximate surface area is 274 Å². The van der Waals surface area contributed by atoms with Gasteiger partial charge in [0, 0.05) is 24.3 Å². The Morgan fingerprint density at radius 3 is 2.43 bits per heavy atom. The van der Waals surface area contributed by atoms with Crippen molar-refractivity contribution in [3.8, 4) is 0 Å². The number of allylic oxidation sites excluding steroid dienone is 3. The Bertz CT molecular complexity index is 1570. The summed E-state index contributed by atoms with van der Waals surface area (Å²) in [5, 5.41) is 0. The molecule has 1 aromatic rings. The molecule has 6 aliphatic rings. The van der Waals surface area contributed by atoms with Gasteiger partial charge in [-0.1, -0.05) is 76.6 Å². The summed E-state index contributed by atoms with van der Waals surface area (Å²) in [6, 6.07) is 9.61. The van der Waals surface area contributed by atoms with Crippen LogP contribution >= 0.6 is 0 Å². The zero-order chi connectivity index (χ0) is 32.9. The maximum Gasteiger partial charge on any atom is 0.331 e. The minimum atomic E-state index is -0.879. The topological polar surface area (TPSA) is 78.9 Å². The van der Waals surface area contributed by atoms with Gasteiger partial charge < -0.3 is 14.2 Å². The second kappa shape index (κ2) is 10.4.